The Bertz CT molecular complexity index is 1140. The molecule has 0 radical (unpaired) electrons. The molecule has 0 fully saturated rings. The molecule has 1 amide bonds. The molecule has 2 heterocycles. The van der Waals surface area contributed by atoms with Crippen LogP contribution in [0.2, 0.25) is 5.02 Å². The van der Waals surface area contributed by atoms with Gasteiger partial charge in [-0.05, 0) is 37.3 Å². The fourth-order valence-corrected chi connectivity index (χ4v) is 4.41. The van der Waals surface area contributed by atoms with Crippen LogP contribution >= 0.6 is 23.4 Å². The van der Waals surface area contributed by atoms with Crippen LogP contribution in [0.4, 0.5) is 5.69 Å². The normalized spacial score (nSPS) is 15.1. The van der Waals surface area contributed by atoms with Crippen molar-refractivity contribution < 1.29 is 9.53 Å². The molecule has 154 valence electrons. The second-order valence-corrected chi connectivity index (χ2v) is 8.68. The second kappa shape index (κ2) is 8.24. The van der Waals surface area contributed by atoms with Gasteiger partial charge in [0.2, 0.25) is 23.2 Å². The Morgan fingerprint density at radius 2 is 2.00 bits per heavy atom. The molecule has 0 saturated heterocycles. The van der Waals surface area contributed by atoms with Gasteiger partial charge >= 0.3 is 0 Å². The summed E-state index contributed by atoms with van der Waals surface area (Å²) >= 11 is 7.99. The molecule has 1 atom stereocenters. The lowest BCUT2D eigenvalue weighted by molar-refractivity contribution is -0.118. The van der Waals surface area contributed by atoms with E-state index in [2.05, 4.69) is 15.2 Å². The first-order valence-electron chi connectivity index (χ1n) is 9.60. The van der Waals surface area contributed by atoms with Crippen molar-refractivity contribution in [2.75, 3.05) is 10.7 Å². The number of hydrogen-bond acceptors (Lipinski definition) is 6. The Morgan fingerprint density at radius 3 is 2.70 bits per heavy atom. The van der Waals surface area contributed by atoms with Gasteiger partial charge in [0.05, 0.1) is 5.69 Å². The van der Waals surface area contributed by atoms with E-state index in [1.54, 1.807) is 11.0 Å². The standard InChI is InChI=1S/C22H21ClN4O2S/c1-5-30-22-24-20-18(25-26-22)16-11-12(2)10-13(3)19(16)27(14(4)28)21(29-20)15-8-6-7-9-17(15)23/h6-11,21H,5H2,1-4H3/t21-/m0/s1. The number of amides is 1. The maximum atomic E-state index is 12.9. The third kappa shape index (κ3) is 3.63. The number of benzene rings is 2. The Morgan fingerprint density at radius 1 is 1.23 bits per heavy atom. The molecule has 1 aliphatic heterocycles. The van der Waals surface area contributed by atoms with Gasteiger partial charge in [0, 0.05) is 23.1 Å². The minimum atomic E-state index is -0.784. The van der Waals surface area contributed by atoms with Gasteiger partial charge in [-0.3, -0.25) is 9.69 Å². The van der Waals surface area contributed by atoms with E-state index < -0.39 is 6.23 Å². The van der Waals surface area contributed by atoms with Crippen LogP contribution in [0.25, 0.3) is 11.3 Å². The number of thioether (sulfide) groups is 1. The Balaban J connectivity index is 2.04. The zero-order valence-corrected chi connectivity index (χ0v) is 18.7. The van der Waals surface area contributed by atoms with Gasteiger partial charge < -0.3 is 4.74 Å². The number of halogens is 1. The summed E-state index contributed by atoms with van der Waals surface area (Å²) in [4.78, 5) is 19.1. The van der Waals surface area contributed by atoms with Gasteiger partial charge in [0.25, 0.3) is 0 Å². The van der Waals surface area contributed by atoms with Gasteiger partial charge in [0.1, 0.15) is 0 Å². The van der Waals surface area contributed by atoms with Crippen molar-refractivity contribution in [3.05, 3.63) is 58.1 Å². The molecule has 0 N–H and O–H groups in total. The third-order valence-corrected chi connectivity index (χ3v) is 5.88. The molecule has 0 spiro atoms. The summed E-state index contributed by atoms with van der Waals surface area (Å²) in [6, 6.07) is 11.4. The van der Waals surface area contributed by atoms with Crippen molar-refractivity contribution in [2.45, 2.75) is 39.1 Å². The maximum absolute atomic E-state index is 12.9. The van der Waals surface area contributed by atoms with E-state index in [1.807, 2.05) is 51.1 Å². The minimum absolute atomic E-state index is 0.169. The summed E-state index contributed by atoms with van der Waals surface area (Å²) in [6.45, 7) is 7.51. The minimum Gasteiger partial charge on any atom is -0.447 e. The first-order chi connectivity index (χ1) is 14.4. The molecule has 0 bridgehead atoms. The van der Waals surface area contributed by atoms with Crippen molar-refractivity contribution in [2.24, 2.45) is 0 Å². The Kier molecular flexibility index (Phi) is 5.66. The smallest absolute Gasteiger partial charge is 0.247 e. The predicted octanol–water partition coefficient (Wildman–Crippen LogP) is 5.36. The summed E-state index contributed by atoms with van der Waals surface area (Å²) in [5, 5.41) is 9.73. The average molecular weight is 441 g/mol. The number of aromatic nitrogens is 3. The first-order valence-corrected chi connectivity index (χ1v) is 11.0. The molecule has 1 aliphatic rings. The second-order valence-electron chi connectivity index (χ2n) is 7.04. The number of ether oxygens (including phenoxy) is 1. The molecule has 0 saturated carbocycles. The topological polar surface area (TPSA) is 68.2 Å². The highest BCUT2D eigenvalue weighted by Gasteiger charge is 2.36. The van der Waals surface area contributed by atoms with Gasteiger partial charge in [-0.15, -0.1) is 10.2 Å². The highest BCUT2D eigenvalue weighted by Crippen LogP contribution is 2.46. The van der Waals surface area contributed by atoms with Crippen LogP contribution in [0.5, 0.6) is 5.88 Å². The van der Waals surface area contributed by atoms with E-state index in [4.69, 9.17) is 16.3 Å². The lowest BCUT2D eigenvalue weighted by Crippen LogP contribution is -2.36. The average Bonchev–Trinajstić information content (AvgIpc) is 2.83. The van der Waals surface area contributed by atoms with E-state index >= 15 is 0 Å². The molecule has 6 nitrogen and oxygen atoms in total. The molecular formula is C22H21ClN4O2S. The summed E-state index contributed by atoms with van der Waals surface area (Å²) in [5.41, 5.74) is 4.66. The summed E-state index contributed by atoms with van der Waals surface area (Å²) in [6.07, 6.45) is -0.784. The monoisotopic (exact) mass is 440 g/mol. The molecular weight excluding hydrogens is 420 g/mol. The van der Waals surface area contributed by atoms with Crippen molar-refractivity contribution in [3.8, 4) is 17.1 Å². The molecule has 1 aromatic heterocycles. The number of anilines is 1. The largest absolute Gasteiger partial charge is 0.447 e. The van der Waals surface area contributed by atoms with Crippen molar-refractivity contribution in [1.29, 1.82) is 0 Å². The van der Waals surface area contributed by atoms with E-state index in [0.29, 0.717) is 27.3 Å². The highest BCUT2D eigenvalue weighted by atomic mass is 35.5. The summed E-state index contributed by atoms with van der Waals surface area (Å²) in [5.74, 6) is 0.973. The molecule has 4 rings (SSSR count). The van der Waals surface area contributed by atoms with Crippen molar-refractivity contribution >= 4 is 35.0 Å². The van der Waals surface area contributed by atoms with Crippen LogP contribution in [0.15, 0.2) is 41.6 Å². The zero-order valence-electron chi connectivity index (χ0n) is 17.1. The quantitative estimate of drug-likeness (QED) is 0.510. The third-order valence-electron chi connectivity index (χ3n) is 4.82. The van der Waals surface area contributed by atoms with Crippen LogP contribution in [0.1, 0.15) is 36.8 Å². The summed E-state index contributed by atoms with van der Waals surface area (Å²) < 4.78 is 6.36. The highest BCUT2D eigenvalue weighted by molar-refractivity contribution is 7.99. The first kappa shape index (κ1) is 20.6. The van der Waals surface area contributed by atoms with Crippen LogP contribution in [0.3, 0.4) is 0 Å². The maximum Gasteiger partial charge on any atom is 0.247 e. The molecule has 2 aromatic carbocycles. The van der Waals surface area contributed by atoms with Gasteiger partial charge in [0.15, 0.2) is 5.69 Å². The lowest BCUT2D eigenvalue weighted by atomic mass is 10.00. The number of aryl methyl sites for hydroxylation is 2. The van der Waals surface area contributed by atoms with E-state index in [9.17, 15) is 4.79 Å². The Hall–Kier alpha value is -2.64. The number of nitrogens with zero attached hydrogens (tertiary/aromatic N) is 4. The van der Waals surface area contributed by atoms with Gasteiger partial charge in [-0.2, -0.15) is 4.98 Å². The SMILES string of the molecule is CCSc1nnc2c(n1)O[C@@H](c1ccccc1Cl)N(C(C)=O)c1c(C)cc(C)cc1-2. The Labute approximate surface area is 184 Å². The van der Waals surface area contributed by atoms with E-state index in [0.717, 1.165) is 28.1 Å². The van der Waals surface area contributed by atoms with Crippen molar-refractivity contribution in [1.82, 2.24) is 15.2 Å². The molecule has 30 heavy (non-hydrogen) atoms. The van der Waals surface area contributed by atoms with E-state index in [1.165, 1.54) is 18.7 Å². The molecule has 0 unspecified atom stereocenters. The van der Waals surface area contributed by atoms with Crippen molar-refractivity contribution in [3.63, 3.8) is 0 Å². The fraction of sp³-hybridized carbons (Fsp3) is 0.273. The molecule has 0 aliphatic carbocycles. The van der Waals surface area contributed by atoms with E-state index in [-0.39, 0.29) is 5.91 Å². The molecule has 3 aromatic rings. The zero-order chi connectivity index (χ0) is 21.4. The number of rotatable bonds is 3. The van der Waals surface area contributed by atoms with Crippen LogP contribution in [-0.4, -0.2) is 26.8 Å². The number of fused-ring (bicyclic) bond motifs is 3. The van der Waals surface area contributed by atoms with Crippen LogP contribution in [-0.2, 0) is 4.79 Å². The van der Waals surface area contributed by atoms with Crippen LogP contribution in [0, 0.1) is 13.8 Å². The van der Waals surface area contributed by atoms with Gasteiger partial charge in [-0.25, -0.2) is 0 Å². The number of carbonyl (C=O) groups is 1. The number of hydrogen-bond donors (Lipinski definition) is 0. The summed E-state index contributed by atoms with van der Waals surface area (Å²) in [7, 11) is 0. The molecule has 8 heteroatoms. The fourth-order valence-electron chi connectivity index (χ4n) is 3.68. The predicted molar refractivity (Wildman–Crippen MR) is 119 cm³/mol. The number of carbonyl (C=O) groups excluding carboxylic acids is 1. The lowest BCUT2D eigenvalue weighted by Gasteiger charge is -2.31. The van der Waals surface area contributed by atoms with Gasteiger partial charge in [-0.1, -0.05) is 60.1 Å². The van der Waals surface area contributed by atoms with Crippen LogP contribution < -0.4 is 9.64 Å².